The Hall–Kier alpha value is -0.0800. The van der Waals surface area contributed by atoms with Crippen LogP contribution in [0.25, 0.3) is 0 Å². The Labute approximate surface area is 120 Å². The Kier molecular flexibility index (Phi) is 5.30. The molecule has 0 bridgehead atoms. The van der Waals surface area contributed by atoms with Crippen molar-refractivity contribution in [3.05, 3.63) is 0 Å². The van der Waals surface area contributed by atoms with E-state index in [0.717, 1.165) is 12.0 Å². The Morgan fingerprint density at radius 3 is 2.47 bits per heavy atom. The molecule has 0 aromatic heterocycles. The summed E-state index contributed by atoms with van der Waals surface area (Å²) in [5.74, 6) is 0.881. The van der Waals surface area contributed by atoms with E-state index >= 15 is 0 Å². The SMILES string of the molecule is CC(C)NCC1CCCN(C2CCC(C)(C)CC2)C1. The third-order valence-electron chi connectivity index (χ3n) is 5.19. The normalized spacial score (nSPS) is 29.8. The topological polar surface area (TPSA) is 15.3 Å². The van der Waals surface area contributed by atoms with Crippen LogP contribution in [-0.2, 0) is 0 Å². The first-order valence-electron chi connectivity index (χ1n) is 8.44. The quantitative estimate of drug-likeness (QED) is 0.835. The minimum Gasteiger partial charge on any atom is -0.314 e. The minimum atomic E-state index is 0.602. The molecule has 2 fully saturated rings. The van der Waals surface area contributed by atoms with E-state index in [0.29, 0.717) is 11.5 Å². The Bertz CT molecular complexity index is 262. The number of likely N-dealkylation sites (tertiary alicyclic amines) is 1. The zero-order valence-corrected chi connectivity index (χ0v) is 13.5. The van der Waals surface area contributed by atoms with E-state index in [1.54, 1.807) is 0 Å². The summed E-state index contributed by atoms with van der Waals surface area (Å²) in [6, 6.07) is 1.51. The molecule has 1 saturated heterocycles. The van der Waals surface area contributed by atoms with E-state index < -0.39 is 0 Å². The molecule has 112 valence electrons. The van der Waals surface area contributed by atoms with Crippen LogP contribution in [0.1, 0.15) is 66.2 Å². The van der Waals surface area contributed by atoms with E-state index in [9.17, 15) is 0 Å². The molecule has 1 unspecified atom stereocenters. The highest BCUT2D eigenvalue weighted by atomic mass is 15.2. The molecular formula is C17H34N2. The molecule has 1 aliphatic heterocycles. The van der Waals surface area contributed by atoms with E-state index in [2.05, 4.69) is 37.9 Å². The smallest absolute Gasteiger partial charge is 0.00957 e. The lowest BCUT2D eigenvalue weighted by molar-refractivity contribution is 0.0689. The van der Waals surface area contributed by atoms with E-state index in [-0.39, 0.29) is 0 Å². The molecule has 2 rings (SSSR count). The van der Waals surface area contributed by atoms with Gasteiger partial charge in [-0.05, 0) is 62.9 Å². The van der Waals surface area contributed by atoms with Crippen molar-refractivity contribution in [3.63, 3.8) is 0 Å². The van der Waals surface area contributed by atoms with Crippen molar-refractivity contribution in [3.8, 4) is 0 Å². The van der Waals surface area contributed by atoms with Crippen molar-refractivity contribution >= 4 is 0 Å². The van der Waals surface area contributed by atoms with Crippen LogP contribution in [0.4, 0.5) is 0 Å². The van der Waals surface area contributed by atoms with Gasteiger partial charge in [-0.1, -0.05) is 27.7 Å². The summed E-state index contributed by atoms with van der Waals surface area (Å²) in [5, 5.41) is 3.63. The first kappa shape index (κ1) is 15.3. The van der Waals surface area contributed by atoms with Crippen LogP contribution in [0, 0.1) is 11.3 Å². The summed E-state index contributed by atoms with van der Waals surface area (Å²) in [6.45, 7) is 13.3. The van der Waals surface area contributed by atoms with Crippen LogP contribution in [0.2, 0.25) is 0 Å². The molecule has 0 aromatic carbocycles. The maximum absolute atomic E-state index is 3.63. The number of nitrogens with zero attached hydrogens (tertiary/aromatic N) is 1. The summed E-state index contributed by atoms with van der Waals surface area (Å²) >= 11 is 0. The largest absolute Gasteiger partial charge is 0.314 e. The Morgan fingerprint density at radius 1 is 1.16 bits per heavy atom. The molecule has 0 radical (unpaired) electrons. The zero-order valence-electron chi connectivity index (χ0n) is 13.5. The molecular weight excluding hydrogens is 232 g/mol. The third kappa shape index (κ3) is 4.75. The highest BCUT2D eigenvalue weighted by Gasteiger charge is 2.32. The molecule has 2 aliphatic rings. The highest BCUT2D eigenvalue weighted by Crippen LogP contribution is 2.37. The Balaban J connectivity index is 1.78. The molecule has 1 atom stereocenters. The maximum atomic E-state index is 3.63. The van der Waals surface area contributed by atoms with Crippen LogP contribution in [0.15, 0.2) is 0 Å². The Morgan fingerprint density at radius 2 is 1.84 bits per heavy atom. The summed E-state index contributed by atoms with van der Waals surface area (Å²) in [4.78, 5) is 2.81. The maximum Gasteiger partial charge on any atom is 0.00957 e. The fraction of sp³-hybridized carbons (Fsp3) is 1.00. The van der Waals surface area contributed by atoms with Gasteiger partial charge in [0.1, 0.15) is 0 Å². The molecule has 0 spiro atoms. The van der Waals surface area contributed by atoms with Crippen molar-refractivity contribution in [2.75, 3.05) is 19.6 Å². The van der Waals surface area contributed by atoms with Crippen molar-refractivity contribution in [2.24, 2.45) is 11.3 Å². The van der Waals surface area contributed by atoms with Gasteiger partial charge < -0.3 is 10.2 Å². The van der Waals surface area contributed by atoms with Crippen molar-refractivity contribution in [2.45, 2.75) is 78.3 Å². The van der Waals surface area contributed by atoms with Gasteiger partial charge >= 0.3 is 0 Å². The minimum absolute atomic E-state index is 0.602. The first-order chi connectivity index (χ1) is 8.96. The first-order valence-corrected chi connectivity index (χ1v) is 8.44. The van der Waals surface area contributed by atoms with Gasteiger partial charge in [0.2, 0.25) is 0 Å². The number of nitrogens with one attached hydrogen (secondary N) is 1. The van der Waals surface area contributed by atoms with Gasteiger partial charge in [0.05, 0.1) is 0 Å². The third-order valence-corrected chi connectivity index (χ3v) is 5.19. The molecule has 1 saturated carbocycles. The van der Waals surface area contributed by atoms with E-state index in [1.165, 1.54) is 58.2 Å². The van der Waals surface area contributed by atoms with Crippen LogP contribution < -0.4 is 5.32 Å². The summed E-state index contributed by atoms with van der Waals surface area (Å²) in [6.07, 6.45) is 8.53. The van der Waals surface area contributed by atoms with Crippen molar-refractivity contribution in [1.82, 2.24) is 10.2 Å². The van der Waals surface area contributed by atoms with Crippen LogP contribution in [-0.4, -0.2) is 36.6 Å². The molecule has 1 aliphatic carbocycles. The average molecular weight is 266 g/mol. The molecule has 0 aromatic rings. The van der Waals surface area contributed by atoms with Gasteiger partial charge in [-0.3, -0.25) is 0 Å². The molecule has 2 heteroatoms. The van der Waals surface area contributed by atoms with E-state index in [4.69, 9.17) is 0 Å². The second-order valence-corrected chi connectivity index (χ2v) is 7.96. The summed E-state index contributed by atoms with van der Waals surface area (Å²) in [5.41, 5.74) is 0.602. The van der Waals surface area contributed by atoms with Crippen LogP contribution >= 0.6 is 0 Å². The summed E-state index contributed by atoms with van der Waals surface area (Å²) < 4.78 is 0. The number of rotatable bonds is 4. The standard InChI is InChI=1S/C17H34N2/c1-14(2)18-12-15-6-5-11-19(13-15)16-7-9-17(3,4)10-8-16/h14-16,18H,5-13H2,1-4H3. The lowest BCUT2D eigenvalue weighted by Gasteiger charge is -2.43. The average Bonchev–Trinajstić information content (AvgIpc) is 2.37. The lowest BCUT2D eigenvalue weighted by Crippen LogP contribution is -2.47. The molecule has 1 N–H and O–H groups in total. The predicted molar refractivity (Wildman–Crippen MR) is 83.5 cm³/mol. The molecule has 2 nitrogen and oxygen atoms in total. The monoisotopic (exact) mass is 266 g/mol. The molecule has 19 heavy (non-hydrogen) atoms. The van der Waals surface area contributed by atoms with Crippen molar-refractivity contribution < 1.29 is 0 Å². The van der Waals surface area contributed by atoms with E-state index in [1.807, 2.05) is 0 Å². The van der Waals surface area contributed by atoms with Gasteiger partial charge in [0, 0.05) is 18.6 Å². The lowest BCUT2D eigenvalue weighted by atomic mass is 9.75. The predicted octanol–water partition coefficient (Wildman–Crippen LogP) is 3.67. The van der Waals surface area contributed by atoms with Crippen LogP contribution in [0.5, 0.6) is 0 Å². The number of hydrogen-bond donors (Lipinski definition) is 1. The van der Waals surface area contributed by atoms with Gasteiger partial charge in [0.15, 0.2) is 0 Å². The number of hydrogen-bond acceptors (Lipinski definition) is 2. The molecule has 0 amide bonds. The number of piperidine rings is 1. The zero-order chi connectivity index (χ0) is 13.9. The second kappa shape index (κ2) is 6.58. The van der Waals surface area contributed by atoms with Crippen LogP contribution in [0.3, 0.4) is 0 Å². The van der Waals surface area contributed by atoms with Crippen molar-refractivity contribution in [1.29, 1.82) is 0 Å². The fourth-order valence-corrected chi connectivity index (χ4v) is 3.75. The van der Waals surface area contributed by atoms with Gasteiger partial charge in [-0.25, -0.2) is 0 Å². The summed E-state index contributed by atoms with van der Waals surface area (Å²) in [7, 11) is 0. The van der Waals surface area contributed by atoms with Gasteiger partial charge in [-0.2, -0.15) is 0 Å². The highest BCUT2D eigenvalue weighted by molar-refractivity contribution is 4.86. The second-order valence-electron chi connectivity index (χ2n) is 7.96. The molecule has 1 heterocycles. The van der Waals surface area contributed by atoms with Gasteiger partial charge in [-0.15, -0.1) is 0 Å². The fourth-order valence-electron chi connectivity index (χ4n) is 3.75. The van der Waals surface area contributed by atoms with Gasteiger partial charge in [0.25, 0.3) is 0 Å².